The molecule has 6 aromatic rings. The minimum Gasteiger partial charge on any atom is -0.361 e. The lowest BCUT2D eigenvalue weighted by atomic mass is 10.0. The largest absolute Gasteiger partial charge is 0.361 e. The molecule has 238 valence electrons. The molecule has 2 heterocycles. The van der Waals surface area contributed by atoms with Crippen LogP contribution >= 0.6 is 0 Å². The molecule has 0 saturated carbocycles. The molecule has 6 N–H and O–H groups in total. The number of hydrogen-bond acceptors (Lipinski definition) is 4. The third kappa shape index (κ3) is 9.08. The predicted octanol–water partition coefficient (Wildman–Crippen LogP) is 11.6. The average molecular weight is 613 g/mol. The zero-order chi connectivity index (χ0) is 33.1. The quantitative estimate of drug-likeness (QED) is 0.0930. The van der Waals surface area contributed by atoms with E-state index in [1.54, 1.807) is 0 Å². The van der Waals surface area contributed by atoms with Gasteiger partial charge in [-0.1, -0.05) is 103 Å². The Hall–Kier alpha value is -5.36. The summed E-state index contributed by atoms with van der Waals surface area (Å²) < 4.78 is 0. The van der Waals surface area contributed by atoms with E-state index >= 15 is 0 Å². The van der Waals surface area contributed by atoms with Crippen LogP contribution in [0.1, 0.15) is 64.5 Å². The van der Waals surface area contributed by atoms with Crippen molar-refractivity contribution in [3.8, 4) is 0 Å². The van der Waals surface area contributed by atoms with Gasteiger partial charge in [0.15, 0.2) is 0 Å². The number of rotatable bonds is 10. The summed E-state index contributed by atoms with van der Waals surface area (Å²) in [7, 11) is 0. The van der Waals surface area contributed by atoms with E-state index in [4.69, 9.17) is 0 Å². The summed E-state index contributed by atoms with van der Waals surface area (Å²) >= 11 is 0. The van der Waals surface area contributed by atoms with Crippen LogP contribution < -0.4 is 21.3 Å². The van der Waals surface area contributed by atoms with E-state index in [0.29, 0.717) is 11.8 Å². The van der Waals surface area contributed by atoms with Crippen molar-refractivity contribution in [1.29, 1.82) is 0 Å². The molecule has 0 amide bonds. The van der Waals surface area contributed by atoms with Crippen molar-refractivity contribution >= 4 is 44.6 Å². The Kier molecular flexibility index (Phi) is 11.7. The minimum absolute atomic E-state index is 0.543. The van der Waals surface area contributed by atoms with Crippen molar-refractivity contribution in [1.82, 2.24) is 9.97 Å². The molecule has 0 unspecified atom stereocenters. The number of nitrogens with one attached hydrogen (secondary N) is 6. The van der Waals surface area contributed by atoms with Crippen molar-refractivity contribution in [3.63, 3.8) is 0 Å². The van der Waals surface area contributed by atoms with Crippen LogP contribution in [0.2, 0.25) is 0 Å². The number of para-hydroxylation sites is 1. The van der Waals surface area contributed by atoms with E-state index in [0.717, 1.165) is 50.8 Å². The number of aromatic amines is 2. The van der Waals surface area contributed by atoms with Crippen LogP contribution in [0.15, 0.2) is 134 Å². The maximum Gasteiger partial charge on any atom is 0.100 e. The Balaban J connectivity index is 0.000000198. The van der Waals surface area contributed by atoms with Gasteiger partial charge in [0.2, 0.25) is 0 Å². The van der Waals surface area contributed by atoms with Crippen molar-refractivity contribution < 1.29 is 0 Å². The van der Waals surface area contributed by atoms with Crippen molar-refractivity contribution in [2.75, 3.05) is 21.3 Å². The van der Waals surface area contributed by atoms with E-state index in [-0.39, 0.29) is 0 Å². The van der Waals surface area contributed by atoms with Gasteiger partial charge in [-0.15, -0.1) is 0 Å². The summed E-state index contributed by atoms with van der Waals surface area (Å²) in [6, 6.07) is 33.3. The maximum absolute atomic E-state index is 4.05. The molecule has 46 heavy (non-hydrogen) atoms. The summed E-state index contributed by atoms with van der Waals surface area (Å²) in [5.74, 6) is 2.59. The normalized spacial score (nSPS) is 10.5. The van der Waals surface area contributed by atoms with Gasteiger partial charge in [0.1, 0.15) is 11.6 Å². The van der Waals surface area contributed by atoms with Gasteiger partial charge in [-0.05, 0) is 76.9 Å². The fraction of sp³-hybridized carbons (Fsp3) is 0.200. The molecule has 0 fully saturated rings. The van der Waals surface area contributed by atoms with Crippen LogP contribution in [-0.2, 0) is 0 Å². The Morgan fingerprint density at radius 1 is 0.565 bits per heavy atom. The minimum atomic E-state index is 0.543. The third-order valence-electron chi connectivity index (χ3n) is 7.47. The van der Waals surface area contributed by atoms with Gasteiger partial charge in [-0.3, -0.25) is 0 Å². The lowest BCUT2D eigenvalue weighted by Gasteiger charge is -2.13. The summed E-state index contributed by atoms with van der Waals surface area (Å²) in [6.45, 7) is 20.9. The van der Waals surface area contributed by atoms with Crippen LogP contribution in [0.5, 0.6) is 0 Å². The first-order valence-electron chi connectivity index (χ1n) is 16.0. The smallest absolute Gasteiger partial charge is 0.100 e. The van der Waals surface area contributed by atoms with E-state index < -0.39 is 0 Å². The van der Waals surface area contributed by atoms with Gasteiger partial charge in [0.05, 0.1) is 5.69 Å². The lowest BCUT2D eigenvalue weighted by Crippen LogP contribution is -2.08. The first kappa shape index (κ1) is 33.5. The Morgan fingerprint density at radius 3 is 1.67 bits per heavy atom. The van der Waals surface area contributed by atoms with Crippen LogP contribution in [0.25, 0.3) is 21.8 Å². The van der Waals surface area contributed by atoms with Gasteiger partial charge >= 0.3 is 0 Å². The fourth-order valence-corrected chi connectivity index (χ4v) is 4.95. The molecule has 6 rings (SSSR count). The second-order valence-corrected chi connectivity index (χ2v) is 11.5. The first-order valence-corrected chi connectivity index (χ1v) is 16.0. The van der Waals surface area contributed by atoms with Crippen molar-refractivity contribution in [2.45, 2.75) is 53.4 Å². The number of anilines is 4. The van der Waals surface area contributed by atoms with Gasteiger partial charge in [-0.25, -0.2) is 0 Å². The van der Waals surface area contributed by atoms with Gasteiger partial charge < -0.3 is 31.2 Å². The molecule has 0 bridgehead atoms. The standard InChI is InChI=1S/2C19H21N3.C2H6/c1-13(2)15-4-7-17(8-5-15)21-14(3)22-18-9-6-16-10-11-20-19(16)12-18;1-13(2)15-8-10-16(11-9-15)21-14(3)22-19-12-20-18-7-5-4-6-17(18)19;1-2/h2*4-13,20-22H,3H2,1-2H3;1-2H3. The molecular weight excluding hydrogens is 564 g/mol. The summed E-state index contributed by atoms with van der Waals surface area (Å²) in [4.78, 5) is 6.46. The number of hydrogen-bond donors (Lipinski definition) is 6. The number of H-pyrrole nitrogens is 2. The van der Waals surface area contributed by atoms with Crippen LogP contribution in [-0.4, -0.2) is 9.97 Å². The molecule has 0 radical (unpaired) electrons. The van der Waals surface area contributed by atoms with Crippen molar-refractivity contribution in [2.24, 2.45) is 0 Å². The molecule has 0 aliphatic rings. The first-order chi connectivity index (χ1) is 22.2. The number of fused-ring (bicyclic) bond motifs is 2. The monoisotopic (exact) mass is 612 g/mol. The number of benzene rings is 4. The van der Waals surface area contributed by atoms with E-state index in [1.807, 2.05) is 44.4 Å². The topological polar surface area (TPSA) is 79.7 Å². The SMILES string of the molecule is C=C(Nc1ccc(C(C)C)cc1)Nc1c[nH]c2ccccc12.C=C(Nc1ccc(C(C)C)cc1)Nc1ccc2cc[nH]c2c1.CC. The van der Waals surface area contributed by atoms with E-state index in [9.17, 15) is 0 Å². The second-order valence-electron chi connectivity index (χ2n) is 11.5. The summed E-state index contributed by atoms with van der Waals surface area (Å²) in [5.41, 5.74) is 8.97. The van der Waals surface area contributed by atoms with Gasteiger partial charge in [-0.2, -0.15) is 0 Å². The molecule has 0 saturated heterocycles. The predicted molar refractivity (Wildman–Crippen MR) is 202 cm³/mol. The summed E-state index contributed by atoms with van der Waals surface area (Å²) in [5, 5.41) is 15.5. The molecule has 2 aromatic heterocycles. The molecule has 0 aliphatic heterocycles. The highest BCUT2D eigenvalue weighted by molar-refractivity contribution is 5.93. The highest BCUT2D eigenvalue weighted by atomic mass is 15.1. The van der Waals surface area contributed by atoms with Crippen molar-refractivity contribution in [3.05, 3.63) is 145 Å². The Bertz CT molecular complexity index is 1840. The third-order valence-corrected chi connectivity index (χ3v) is 7.47. The van der Waals surface area contributed by atoms with E-state index in [1.165, 1.54) is 16.5 Å². The molecule has 0 spiro atoms. The molecule has 6 heteroatoms. The molecule has 6 nitrogen and oxygen atoms in total. The molecule has 4 aromatic carbocycles. The molecule has 0 aliphatic carbocycles. The van der Waals surface area contributed by atoms with Gasteiger partial charge in [0.25, 0.3) is 0 Å². The highest BCUT2D eigenvalue weighted by Gasteiger charge is 2.05. The van der Waals surface area contributed by atoms with Crippen LogP contribution in [0.4, 0.5) is 22.7 Å². The maximum atomic E-state index is 4.05. The fourth-order valence-electron chi connectivity index (χ4n) is 4.95. The highest BCUT2D eigenvalue weighted by Crippen LogP contribution is 2.25. The molecular formula is C40H48N6. The zero-order valence-corrected chi connectivity index (χ0v) is 28.0. The summed E-state index contributed by atoms with van der Waals surface area (Å²) in [6.07, 6.45) is 3.90. The average Bonchev–Trinajstić information content (AvgIpc) is 3.69. The van der Waals surface area contributed by atoms with Crippen LogP contribution in [0, 0.1) is 0 Å². The lowest BCUT2D eigenvalue weighted by molar-refractivity contribution is 0.867. The Labute approximate surface area is 274 Å². The van der Waals surface area contributed by atoms with Gasteiger partial charge in [0, 0.05) is 45.9 Å². The zero-order valence-electron chi connectivity index (χ0n) is 28.0. The molecule has 0 atom stereocenters. The Morgan fingerprint density at radius 2 is 1.09 bits per heavy atom. The number of aromatic nitrogens is 2. The van der Waals surface area contributed by atoms with E-state index in [2.05, 4.69) is 151 Å². The van der Waals surface area contributed by atoms with Crippen LogP contribution in [0.3, 0.4) is 0 Å². The second kappa shape index (κ2) is 16.1.